The number of carbonyl (C=O) groups is 1. The number of hydrogen-bond donors (Lipinski definition) is 1. The molecule has 0 fully saturated rings. The monoisotopic (exact) mass is 392 g/mol. The fraction of sp³-hybridized carbons (Fsp3) is 0.958. The summed E-state index contributed by atoms with van der Waals surface area (Å²) in [5, 5.41) is 8.57. The van der Waals surface area contributed by atoms with Gasteiger partial charge in [0.05, 0.1) is 0 Å². The molecule has 0 bridgehead atoms. The number of rotatable bonds is 22. The van der Waals surface area contributed by atoms with E-state index in [9.17, 15) is 4.79 Å². The maximum Gasteiger partial charge on any atom is 0.303 e. The van der Waals surface area contributed by atoms with Crippen molar-refractivity contribution < 1.29 is 9.90 Å². The molecule has 0 aliphatic carbocycles. The Balaban J connectivity index is 0. The second kappa shape index (κ2) is 26.2. The van der Waals surface area contributed by atoms with Gasteiger partial charge in [0.2, 0.25) is 0 Å². The van der Waals surface area contributed by atoms with Gasteiger partial charge in [-0.25, -0.2) is 0 Å². The Kier molecular flexibility index (Phi) is 28.6. The van der Waals surface area contributed by atoms with Crippen molar-refractivity contribution in [1.82, 2.24) is 0 Å². The van der Waals surface area contributed by atoms with Crippen LogP contribution in [0.5, 0.6) is 0 Å². The number of unbranched alkanes of at least 4 members (excludes halogenated alkanes) is 20. The predicted molar refractivity (Wildman–Crippen MR) is 121 cm³/mol. The molecule has 158 valence electrons. The fourth-order valence-electron chi connectivity index (χ4n) is 3.71. The molecule has 2 nitrogen and oxygen atoms in total. The van der Waals surface area contributed by atoms with E-state index >= 15 is 0 Å². The summed E-state index contributed by atoms with van der Waals surface area (Å²) in [5.74, 6) is -0.650. The number of hydrogen-bond acceptors (Lipinski definition) is 1. The molecule has 0 aromatic rings. The summed E-state index contributed by atoms with van der Waals surface area (Å²) in [4.78, 5) is 10.4. The van der Waals surface area contributed by atoms with Crippen LogP contribution in [0.25, 0.3) is 0 Å². The van der Waals surface area contributed by atoms with Gasteiger partial charge in [-0.3, -0.25) is 4.79 Å². The van der Waals surface area contributed by atoms with Crippen LogP contribution in [0.3, 0.4) is 0 Å². The van der Waals surface area contributed by atoms with E-state index in [0.29, 0.717) is 6.42 Å². The van der Waals surface area contributed by atoms with Gasteiger partial charge in [0.15, 0.2) is 0 Å². The largest absolute Gasteiger partial charge is 0.481 e. The molecule has 0 aliphatic heterocycles. The third kappa shape index (κ3) is 28.5. The molecule has 0 unspecified atom stereocenters. The van der Waals surface area contributed by atoms with Gasteiger partial charge in [-0.2, -0.15) is 0 Å². The van der Waals surface area contributed by atoms with E-state index in [1.54, 1.807) is 0 Å². The summed E-state index contributed by atoms with van der Waals surface area (Å²) in [5.41, 5.74) is 0. The summed E-state index contributed by atoms with van der Waals surface area (Å²) >= 11 is 0. The summed E-state index contributed by atoms with van der Waals surface area (Å²) in [7, 11) is 0. The smallest absolute Gasteiger partial charge is 0.303 e. The highest BCUT2D eigenvalue weighted by atomic mass is 24.3. The molecule has 0 rings (SSSR count). The van der Waals surface area contributed by atoms with Crippen molar-refractivity contribution in [2.45, 2.75) is 148 Å². The van der Waals surface area contributed by atoms with Crippen molar-refractivity contribution in [2.75, 3.05) is 0 Å². The molecule has 0 saturated carbocycles. The maximum atomic E-state index is 10.4. The SMILES string of the molecule is CCCCCCCCCCCCCCCCCCCCCCCC(=O)O.[Mg]. The highest BCUT2D eigenvalue weighted by molar-refractivity contribution is 5.75. The predicted octanol–water partition coefficient (Wildman–Crippen LogP) is 8.29. The first-order chi connectivity index (χ1) is 12.8. The van der Waals surface area contributed by atoms with Crippen LogP contribution in [0.2, 0.25) is 0 Å². The quantitative estimate of drug-likeness (QED) is 0.148. The molecule has 0 saturated heterocycles. The Hall–Kier alpha value is 0.236. The molecule has 0 spiro atoms. The summed E-state index contributed by atoms with van der Waals surface area (Å²) in [6.45, 7) is 2.29. The lowest BCUT2D eigenvalue weighted by molar-refractivity contribution is -0.137. The Morgan fingerprint density at radius 1 is 0.481 bits per heavy atom. The highest BCUT2D eigenvalue weighted by Crippen LogP contribution is 2.15. The minimum atomic E-state index is -0.650. The zero-order valence-corrected chi connectivity index (χ0v) is 20.0. The van der Waals surface area contributed by atoms with Crippen molar-refractivity contribution in [3.63, 3.8) is 0 Å². The summed E-state index contributed by atoms with van der Waals surface area (Å²) in [6, 6.07) is 0. The van der Waals surface area contributed by atoms with Crippen LogP contribution in [0.1, 0.15) is 148 Å². The lowest BCUT2D eigenvalue weighted by atomic mass is 10.0. The molecule has 2 radical (unpaired) electrons. The Labute approximate surface area is 186 Å². The molecule has 0 heterocycles. The molecule has 3 heteroatoms. The molecule has 0 aliphatic rings. The van der Waals surface area contributed by atoms with E-state index in [1.165, 1.54) is 122 Å². The van der Waals surface area contributed by atoms with Crippen LogP contribution >= 0.6 is 0 Å². The molecular weight excluding hydrogens is 345 g/mol. The Morgan fingerprint density at radius 2 is 0.704 bits per heavy atom. The molecule has 0 aromatic heterocycles. The lowest BCUT2D eigenvalue weighted by Crippen LogP contribution is -1.93. The van der Waals surface area contributed by atoms with E-state index in [4.69, 9.17) is 5.11 Å². The first kappa shape index (κ1) is 29.4. The Morgan fingerprint density at radius 3 is 0.926 bits per heavy atom. The van der Waals surface area contributed by atoms with Gasteiger partial charge >= 0.3 is 5.97 Å². The number of carboxylic acid groups (broad SMARTS) is 1. The maximum absolute atomic E-state index is 10.4. The van der Waals surface area contributed by atoms with Gasteiger partial charge in [-0.05, 0) is 6.42 Å². The Bertz CT molecular complexity index is 282. The average Bonchev–Trinajstić information content (AvgIpc) is 2.62. The number of carboxylic acids is 1. The van der Waals surface area contributed by atoms with Gasteiger partial charge in [0.25, 0.3) is 0 Å². The van der Waals surface area contributed by atoms with Crippen molar-refractivity contribution in [2.24, 2.45) is 0 Å². The van der Waals surface area contributed by atoms with Crippen LogP contribution in [0.15, 0.2) is 0 Å². The standard InChI is InChI=1S/C24H48O2.Mg/c1-2-3-4-5-6-7-8-9-10-11-12-13-14-15-16-17-18-19-20-21-22-23-24(25)26;/h2-23H2,1H3,(H,25,26);. The minimum Gasteiger partial charge on any atom is -0.481 e. The zero-order valence-electron chi connectivity index (χ0n) is 18.6. The normalized spacial score (nSPS) is 10.7. The summed E-state index contributed by atoms with van der Waals surface area (Å²) < 4.78 is 0. The van der Waals surface area contributed by atoms with Crippen LogP contribution in [-0.2, 0) is 4.79 Å². The molecular formula is C24H48MgO2. The van der Waals surface area contributed by atoms with Gasteiger partial charge in [0, 0.05) is 29.5 Å². The van der Waals surface area contributed by atoms with Crippen molar-refractivity contribution >= 4 is 29.0 Å². The van der Waals surface area contributed by atoms with E-state index in [0.717, 1.165) is 12.8 Å². The summed E-state index contributed by atoms with van der Waals surface area (Å²) in [6.07, 6.45) is 29.1. The van der Waals surface area contributed by atoms with Crippen LogP contribution < -0.4 is 0 Å². The second-order valence-electron chi connectivity index (χ2n) is 8.21. The molecule has 0 aromatic carbocycles. The number of aliphatic carboxylic acids is 1. The second-order valence-corrected chi connectivity index (χ2v) is 8.21. The van der Waals surface area contributed by atoms with Crippen molar-refractivity contribution in [3.05, 3.63) is 0 Å². The van der Waals surface area contributed by atoms with Crippen molar-refractivity contribution in [1.29, 1.82) is 0 Å². The topological polar surface area (TPSA) is 37.3 Å². The van der Waals surface area contributed by atoms with Crippen LogP contribution in [0.4, 0.5) is 0 Å². The van der Waals surface area contributed by atoms with Crippen LogP contribution in [0, 0.1) is 0 Å². The van der Waals surface area contributed by atoms with E-state index < -0.39 is 5.97 Å². The van der Waals surface area contributed by atoms with E-state index in [1.807, 2.05) is 0 Å². The third-order valence-electron chi connectivity index (χ3n) is 5.49. The first-order valence-electron chi connectivity index (χ1n) is 12.0. The molecule has 27 heavy (non-hydrogen) atoms. The first-order valence-corrected chi connectivity index (χ1v) is 12.0. The highest BCUT2D eigenvalue weighted by Gasteiger charge is 1.97. The van der Waals surface area contributed by atoms with Gasteiger partial charge in [0.1, 0.15) is 0 Å². The van der Waals surface area contributed by atoms with E-state index in [-0.39, 0.29) is 23.1 Å². The molecule has 1 N–H and O–H groups in total. The van der Waals surface area contributed by atoms with Gasteiger partial charge in [-0.15, -0.1) is 0 Å². The molecule has 0 amide bonds. The minimum absolute atomic E-state index is 0. The van der Waals surface area contributed by atoms with Gasteiger partial charge in [-0.1, -0.05) is 135 Å². The van der Waals surface area contributed by atoms with Crippen molar-refractivity contribution in [3.8, 4) is 0 Å². The van der Waals surface area contributed by atoms with Gasteiger partial charge < -0.3 is 5.11 Å². The third-order valence-corrected chi connectivity index (χ3v) is 5.49. The lowest BCUT2D eigenvalue weighted by Gasteiger charge is -2.04. The zero-order chi connectivity index (χ0) is 19.1. The van der Waals surface area contributed by atoms with E-state index in [2.05, 4.69) is 6.92 Å². The van der Waals surface area contributed by atoms with Crippen LogP contribution in [-0.4, -0.2) is 34.1 Å². The average molecular weight is 393 g/mol. The molecule has 0 atom stereocenters. The fourth-order valence-corrected chi connectivity index (χ4v) is 3.71.